The Kier molecular flexibility index (Phi) is 6.14. The zero-order valence-electron chi connectivity index (χ0n) is 16.0. The van der Waals surface area contributed by atoms with E-state index in [1.54, 1.807) is 7.11 Å². The minimum absolute atomic E-state index is 0.229. The average Bonchev–Trinajstić information content (AvgIpc) is 3.05. The molecule has 0 atom stereocenters. The van der Waals surface area contributed by atoms with Gasteiger partial charge in [0, 0.05) is 24.1 Å². The van der Waals surface area contributed by atoms with Crippen molar-refractivity contribution in [3.8, 4) is 5.75 Å². The van der Waals surface area contributed by atoms with Gasteiger partial charge >= 0.3 is 0 Å². The van der Waals surface area contributed by atoms with Gasteiger partial charge < -0.3 is 19.2 Å². The molecule has 0 aliphatic rings. The van der Waals surface area contributed by atoms with Crippen LogP contribution in [0.1, 0.15) is 34.2 Å². The molecule has 0 aliphatic heterocycles. The highest BCUT2D eigenvalue weighted by Crippen LogP contribution is 2.27. The first kappa shape index (κ1) is 19.0. The highest BCUT2D eigenvalue weighted by Gasteiger charge is 2.20. The first-order chi connectivity index (χ1) is 13.1. The fraction of sp³-hybridized carbons (Fsp3) is 0.318. The number of fused-ring (bicyclic) bond motifs is 1. The lowest BCUT2D eigenvalue weighted by Gasteiger charge is -2.10. The summed E-state index contributed by atoms with van der Waals surface area (Å²) in [4.78, 5) is 12.7. The minimum Gasteiger partial charge on any atom is -0.496 e. The first-order valence-electron chi connectivity index (χ1n) is 9.14. The van der Waals surface area contributed by atoms with Crippen LogP contribution in [0.2, 0.25) is 0 Å². The molecule has 0 radical (unpaired) electrons. The molecule has 0 saturated carbocycles. The molecule has 0 saturated heterocycles. The van der Waals surface area contributed by atoms with Crippen molar-refractivity contribution in [1.82, 2.24) is 5.32 Å². The van der Waals surface area contributed by atoms with Crippen LogP contribution in [0.15, 0.2) is 46.9 Å². The van der Waals surface area contributed by atoms with Gasteiger partial charge in [-0.25, -0.2) is 0 Å². The normalized spacial score (nSPS) is 10.9. The second-order valence-corrected chi connectivity index (χ2v) is 6.36. The Morgan fingerprint density at radius 2 is 2.00 bits per heavy atom. The van der Waals surface area contributed by atoms with Crippen LogP contribution in [0.3, 0.4) is 0 Å². The Labute approximate surface area is 159 Å². The van der Waals surface area contributed by atoms with E-state index in [1.165, 1.54) is 0 Å². The highest BCUT2D eigenvalue weighted by molar-refractivity contribution is 5.99. The van der Waals surface area contributed by atoms with Crippen molar-refractivity contribution < 1.29 is 18.7 Å². The lowest BCUT2D eigenvalue weighted by molar-refractivity contribution is 0.0915. The van der Waals surface area contributed by atoms with E-state index in [-0.39, 0.29) is 5.91 Å². The molecule has 27 heavy (non-hydrogen) atoms. The van der Waals surface area contributed by atoms with Crippen LogP contribution >= 0.6 is 0 Å². The van der Waals surface area contributed by atoms with Crippen molar-refractivity contribution >= 4 is 16.9 Å². The van der Waals surface area contributed by atoms with E-state index in [9.17, 15) is 4.79 Å². The number of aryl methyl sites for hydroxylation is 1. The summed E-state index contributed by atoms with van der Waals surface area (Å²) in [6.07, 6.45) is 0.678. The summed E-state index contributed by atoms with van der Waals surface area (Å²) >= 11 is 0. The van der Waals surface area contributed by atoms with Crippen molar-refractivity contribution in [3.05, 3.63) is 64.9 Å². The average molecular weight is 367 g/mol. The lowest BCUT2D eigenvalue weighted by atomic mass is 10.1. The van der Waals surface area contributed by atoms with Crippen LogP contribution in [0, 0.1) is 6.92 Å². The highest BCUT2D eigenvalue weighted by atomic mass is 16.5. The van der Waals surface area contributed by atoms with Crippen molar-refractivity contribution in [2.24, 2.45) is 0 Å². The summed E-state index contributed by atoms with van der Waals surface area (Å²) in [6.45, 7) is 5.38. The van der Waals surface area contributed by atoms with E-state index in [4.69, 9.17) is 13.9 Å². The van der Waals surface area contributed by atoms with Crippen LogP contribution in [0.4, 0.5) is 0 Å². The molecule has 3 rings (SSSR count). The standard InChI is InChI=1S/C22H25NO4/c1-4-26-14-18-17-7-5-6-8-20(17)27-21(18)22(24)23-12-11-16-13-15(2)9-10-19(16)25-3/h5-10,13H,4,11-12,14H2,1-3H3,(H,23,24). The molecule has 3 aromatic rings. The topological polar surface area (TPSA) is 60.7 Å². The van der Waals surface area contributed by atoms with Gasteiger partial charge in [0.2, 0.25) is 0 Å². The number of nitrogens with one attached hydrogen (secondary N) is 1. The number of para-hydroxylation sites is 1. The van der Waals surface area contributed by atoms with Gasteiger partial charge in [-0.05, 0) is 38.0 Å². The largest absolute Gasteiger partial charge is 0.496 e. The van der Waals surface area contributed by atoms with Crippen molar-refractivity contribution in [3.63, 3.8) is 0 Å². The van der Waals surface area contributed by atoms with Crippen molar-refractivity contribution in [2.45, 2.75) is 26.9 Å². The molecule has 0 fully saturated rings. The van der Waals surface area contributed by atoms with Gasteiger partial charge in [-0.2, -0.15) is 0 Å². The number of carbonyl (C=O) groups excluding carboxylic acids is 1. The molecule has 0 aliphatic carbocycles. The SMILES string of the molecule is CCOCc1c(C(=O)NCCc2cc(C)ccc2OC)oc2ccccc12. The molecule has 1 N–H and O–H groups in total. The maximum atomic E-state index is 12.7. The molecular weight excluding hydrogens is 342 g/mol. The second kappa shape index (κ2) is 8.73. The van der Waals surface area contributed by atoms with Crippen molar-refractivity contribution in [1.29, 1.82) is 0 Å². The quantitative estimate of drug-likeness (QED) is 0.646. The van der Waals surface area contributed by atoms with Crippen LogP contribution in [0.5, 0.6) is 5.75 Å². The summed E-state index contributed by atoms with van der Waals surface area (Å²) in [5.74, 6) is 0.920. The number of benzene rings is 2. The molecule has 2 aromatic carbocycles. The van der Waals surface area contributed by atoms with Gasteiger partial charge in [0.1, 0.15) is 11.3 Å². The molecule has 0 bridgehead atoms. The molecule has 1 aromatic heterocycles. The summed E-state index contributed by atoms with van der Waals surface area (Å²) in [5.41, 5.74) is 3.71. The zero-order valence-corrected chi connectivity index (χ0v) is 16.0. The van der Waals surface area contributed by atoms with Crippen LogP contribution in [0.25, 0.3) is 11.0 Å². The Morgan fingerprint density at radius 3 is 2.78 bits per heavy atom. The summed E-state index contributed by atoms with van der Waals surface area (Å²) in [5, 5.41) is 3.87. The zero-order chi connectivity index (χ0) is 19.2. The smallest absolute Gasteiger partial charge is 0.287 e. The first-order valence-corrected chi connectivity index (χ1v) is 9.14. The molecular formula is C22H25NO4. The number of methoxy groups -OCH3 is 1. The second-order valence-electron chi connectivity index (χ2n) is 6.36. The number of hydrogen-bond donors (Lipinski definition) is 1. The number of carbonyl (C=O) groups is 1. The van der Waals surface area contributed by atoms with Crippen LogP contribution < -0.4 is 10.1 Å². The van der Waals surface area contributed by atoms with E-state index < -0.39 is 0 Å². The predicted octanol–water partition coefficient (Wildman–Crippen LogP) is 4.26. The fourth-order valence-electron chi connectivity index (χ4n) is 3.12. The van der Waals surface area contributed by atoms with Gasteiger partial charge in [0.15, 0.2) is 5.76 Å². The van der Waals surface area contributed by atoms with Crippen LogP contribution in [-0.2, 0) is 17.8 Å². The Hall–Kier alpha value is -2.79. The van der Waals surface area contributed by atoms with Gasteiger partial charge in [-0.1, -0.05) is 35.9 Å². The van der Waals surface area contributed by atoms with Gasteiger partial charge in [0.25, 0.3) is 5.91 Å². The third-order valence-electron chi connectivity index (χ3n) is 4.47. The number of furan rings is 1. The molecule has 5 heteroatoms. The lowest BCUT2D eigenvalue weighted by Crippen LogP contribution is -2.26. The van der Waals surface area contributed by atoms with E-state index >= 15 is 0 Å². The summed E-state index contributed by atoms with van der Waals surface area (Å²) in [7, 11) is 1.65. The molecule has 0 spiro atoms. The number of amides is 1. The minimum atomic E-state index is -0.229. The van der Waals surface area contributed by atoms with E-state index in [2.05, 4.69) is 11.4 Å². The van der Waals surface area contributed by atoms with Gasteiger partial charge in [-0.3, -0.25) is 4.79 Å². The molecule has 142 valence electrons. The third kappa shape index (κ3) is 4.31. The van der Waals surface area contributed by atoms with E-state index in [0.717, 1.165) is 27.8 Å². The molecule has 0 unspecified atom stereocenters. The van der Waals surface area contributed by atoms with E-state index in [1.807, 2.05) is 50.2 Å². The predicted molar refractivity (Wildman–Crippen MR) is 105 cm³/mol. The maximum Gasteiger partial charge on any atom is 0.287 e. The Morgan fingerprint density at radius 1 is 1.19 bits per heavy atom. The third-order valence-corrected chi connectivity index (χ3v) is 4.47. The Balaban J connectivity index is 1.74. The van der Waals surface area contributed by atoms with Crippen LogP contribution in [-0.4, -0.2) is 26.2 Å². The number of ether oxygens (including phenoxy) is 2. The summed E-state index contributed by atoms with van der Waals surface area (Å²) in [6, 6.07) is 13.7. The monoisotopic (exact) mass is 367 g/mol. The van der Waals surface area contributed by atoms with Gasteiger partial charge in [0.05, 0.1) is 13.7 Å². The molecule has 1 amide bonds. The maximum absolute atomic E-state index is 12.7. The number of rotatable bonds is 8. The Bertz CT molecular complexity index is 929. The van der Waals surface area contributed by atoms with Crippen molar-refractivity contribution in [2.75, 3.05) is 20.3 Å². The molecule has 5 nitrogen and oxygen atoms in total. The molecule has 1 heterocycles. The van der Waals surface area contributed by atoms with E-state index in [0.29, 0.717) is 37.5 Å². The fourth-order valence-corrected chi connectivity index (χ4v) is 3.12. The van der Waals surface area contributed by atoms with Gasteiger partial charge in [-0.15, -0.1) is 0 Å². The number of hydrogen-bond acceptors (Lipinski definition) is 4. The summed E-state index contributed by atoms with van der Waals surface area (Å²) < 4.78 is 16.7.